The van der Waals surface area contributed by atoms with Gasteiger partial charge in [-0.1, -0.05) is 12.1 Å². The lowest BCUT2D eigenvalue weighted by atomic mass is 10.3. The van der Waals surface area contributed by atoms with Crippen LogP contribution in [0.25, 0.3) is 11.0 Å². The van der Waals surface area contributed by atoms with Crippen molar-refractivity contribution in [3.63, 3.8) is 0 Å². The number of fused-ring (bicyclic) bond motifs is 1. The Balaban J connectivity index is 1.79. The number of carbonyl (C=O) groups is 2. The fraction of sp³-hybridized carbons (Fsp3) is 0.412. The Morgan fingerprint density at radius 3 is 2.58 bits per heavy atom. The highest BCUT2D eigenvalue weighted by Gasteiger charge is 2.21. The monoisotopic (exact) mass is 328 g/mol. The van der Waals surface area contributed by atoms with Crippen LogP contribution in [-0.2, 0) is 16.1 Å². The molecule has 0 atom stereocenters. The highest BCUT2D eigenvalue weighted by atomic mass is 16.2. The van der Waals surface area contributed by atoms with Crippen molar-refractivity contribution in [1.29, 1.82) is 0 Å². The fourth-order valence-electron chi connectivity index (χ4n) is 2.99. The molecular formula is C17H20N4O3. The molecule has 0 radical (unpaired) electrons. The van der Waals surface area contributed by atoms with Crippen LogP contribution in [0.3, 0.4) is 0 Å². The summed E-state index contributed by atoms with van der Waals surface area (Å²) in [5.74, 6) is -0.0838. The van der Waals surface area contributed by atoms with Gasteiger partial charge in [0, 0.05) is 33.1 Å². The van der Waals surface area contributed by atoms with E-state index in [1.54, 1.807) is 22.8 Å². The largest absolute Gasteiger partial charge is 0.341 e. The third kappa shape index (κ3) is 3.29. The van der Waals surface area contributed by atoms with Gasteiger partial charge in [-0.3, -0.25) is 19.0 Å². The molecule has 3 rings (SSSR count). The Kier molecular flexibility index (Phi) is 4.59. The van der Waals surface area contributed by atoms with Crippen LogP contribution in [0, 0.1) is 0 Å². The first kappa shape index (κ1) is 16.2. The van der Waals surface area contributed by atoms with Crippen LogP contribution in [0.5, 0.6) is 0 Å². The molecule has 7 heteroatoms. The topological polar surface area (TPSA) is 75.5 Å². The van der Waals surface area contributed by atoms with Gasteiger partial charge < -0.3 is 9.80 Å². The zero-order valence-electron chi connectivity index (χ0n) is 13.6. The summed E-state index contributed by atoms with van der Waals surface area (Å²) >= 11 is 0. The SMILES string of the molecule is CC(=O)N1CCCN(C(=O)Cn2c(=O)cnc3ccccc32)CC1. The Hall–Kier alpha value is -2.70. The van der Waals surface area contributed by atoms with E-state index in [0.29, 0.717) is 37.2 Å². The Morgan fingerprint density at radius 1 is 1.08 bits per heavy atom. The minimum absolute atomic E-state index is 0.0120. The summed E-state index contributed by atoms with van der Waals surface area (Å²) in [6, 6.07) is 7.27. The second-order valence-corrected chi connectivity index (χ2v) is 5.91. The minimum Gasteiger partial charge on any atom is -0.341 e. The first-order valence-electron chi connectivity index (χ1n) is 8.04. The van der Waals surface area contributed by atoms with Crippen molar-refractivity contribution >= 4 is 22.8 Å². The summed E-state index contributed by atoms with van der Waals surface area (Å²) in [6.07, 6.45) is 1.99. The van der Waals surface area contributed by atoms with Gasteiger partial charge in [-0.2, -0.15) is 0 Å². The molecule has 24 heavy (non-hydrogen) atoms. The second-order valence-electron chi connectivity index (χ2n) is 5.91. The van der Waals surface area contributed by atoms with Gasteiger partial charge in [-0.25, -0.2) is 4.98 Å². The van der Waals surface area contributed by atoms with Crippen molar-refractivity contribution < 1.29 is 9.59 Å². The van der Waals surface area contributed by atoms with Crippen LogP contribution in [0.4, 0.5) is 0 Å². The zero-order chi connectivity index (χ0) is 17.1. The summed E-state index contributed by atoms with van der Waals surface area (Å²) in [5.41, 5.74) is 1.05. The van der Waals surface area contributed by atoms with Crippen LogP contribution in [0.15, 0.2) is 35.3 Å². The molecule has 126 valence electrons. The number of carbonyl (C=O) groups excluding carboxylic acids is 2. The molecule has 0 aliphatic carbocycles. The molecule has 2 amide bonds. The van der Waals surface area contributed by atoms with Gasteiger partial charge >= 0.3 is 0 Å². The van der Waals surface area contributed by atoms with Gasteiger partial charge in [0.05, 0.1) is 17.2 Å². The third-order valence-corrected chi connectivity index (χ3v) is 4.34. The number of hydrogen-bond acceptors (Lipinski definition) is 4. The zero-order valence-corrected chi connectivity index (χ0v) is 13.6. The van der Waals surface area contributed by atoms with Crippen LogP contribution in [-0.4, -0.2) is 57.3 Å². The molecule has 0 unspecified atom stereocenters. The molecule has 0 spiro atoms. The smallest absolute Gasteiger partial charge is 0.269 e. The predicted molar refractivity (Wildman–Crippen MR) is 89.5 cm³/mol. The van der Waals surface area contributed by atoms with Gasteiger partial charge in [0.1, 0.15) is 6.54 Å². The van der Waals surface area contributed by atoms with Crippen LogP contribution >= 0.6 is 0 Å². The van der Waals surface area contributed by atoms with E-state index in [2.05, 4.69) is 4.98 Å². The second kappa shape index (κ2) is 6.82. The lowest BCUT2D eigenvalue weighted by molar-refractivity contribution is -0.133. The van der Waals surface area contributed by atoms with Crippen molar-refractivity contribution in [2.45, 2.75) is 19.9 Å². The van der Waals surface area contributed by atoms with Crippen LogP contribution < -0.4 is 5.56 Å². The van der Waals surface area contributed by atoms with E-state index >= 15 is 0 Å². The molecular weight excluding hydrogens is 308 g/mol. The molecule has 1 aromatic heterocycles. The van der Waals surface area contributed by atoms with Gasteiger partial charge in [0.2, 0.25) is 11.8 Å². The number of hydrogen-bond donors (Lipinski definition) is 0. The number of nitrogens with zero attached hydrogens (tertiary/aromatic N) is 4. The van der Waals surface area contributed by atoms with Crippen molar-refractivity contribution in [2.75, 3.05) is 26.2 Å². The average Bonchev–Trinajstić information content (AvgIpc) is 2.83. The Bertz CT molecular complexity index is 830. The maximum absolute atomic E-state index is 12.6. The maximum Gasteiger partial charge on any atom is 0.269 e. The third-order valence-electron chi connectivity index (χ3n) is 4.34. The molecule has 0 bridgehead atoms. The molecule has 2 aromatic rings. The quantitative estimate of drug-likeness (QED) is 0.803. The highest BCUT2D eigenvalue weighted by molar-refractivity contribution is 5.80. The van der Waals surface area contributed by atoms with Crippen molar-refractivity contribution in [1.82, 2.24) is 19.4 Å². The lowest BCUT2D eigenvalue weighted by Crippen LogP contribution is -2.39. The Labute approximate surface area is 139 Å². The summed E-state index contributed by atoms with van der Waals surface area (Å²) in [7, 11) is 0. The fourth-order valence-corrected chi connectivity index (χ4v) is 2.99. The molecule has 1 aromatic carbocycles. The first-order valence-corrected chi connectivity index (χ1v) is 8.04. The van der Waals surface area contributed by atoms with E-state index in [0.717, 1.165) is 6.42 Å². The minimum atomic E-state index is -0.290. The van der Waals surface area contributed by atoms with Crippen molar-refractivity contribution in [3.05, 3.63) is 40.8 Å². The van der Waals surface area contributed by atoms with Gasteiger partial charge in [0.25, 0.3) is 5.56 Å². The Morgan fingerprint density at radius 2 is 1.79 bits per heavy atom. The van der Waals surface area contributed by atoms with E-state index < -0.39 is 0 Å². The first-order chi connectivity index (χ1) is 11.6. The lowest BCUT2D eigenvalue weighted by Gasteiger charge is -2.22. The molecule has 1 fully saturated rings. The van der Waals surface area contributed by atoms with E-state index in [-0.39, 0.29) is 23.9 Å². The van der Waals surface area contributed by atoms with E-state index in [1.165, 1.54) is 10.8 Å². The van der Waals surface area contributed by atoms with Crippen LogP contribution in [0.2, 0.25) is 0 Å². The van der Waals surface area contributed by atoms with Crippen LogP contribution in [0.1, 0.15) is 13.3 Å². The standard InChI is InChI=1S/C17H20N4O3/c1-13(22)19-7-4-8-20(10-9-19)17(24)12-21-15-6-3-2-5-14(15)18-11-16(21)23/h2-3,5-6,11H,4,7-10,12H2,1H3. The normalized spacial score (nSPS) is 15.4. The summed E-state index contributed by atoms with van der Waals surface area (Å²) in [4.78, 5) is 43.8. The number of benzene rings is 1. The predicted octanol–water partition coefficient (Wildman–Crippen LogP) is 0.477. The maximum atomic E-state index is 12.6. The molecule has 2 heterocycles. The number of para-hydroxylation sites is 2. The molecule has 7 nitrogen and oxygen atoms in total. The van der Waals surface area contributed by atoms with Gasteiger partial charge in [-0.15, -0.1) is 0 Å². The number of amides is 2. The molecule has 0 saturated carbocycles. The summed E-state index contributed by atoms with van der Waals surface area (Å²) < 4.78 is 1.46. The van der Waals surface area contributed by atoms with E-state index in [9.17, 15) is 14.4 Å². The number of rotatable bonds is 2. The molecule has 0 N–H and O–H groups in total. The van der Waals surface area contributed by atoms with Gasteiger partial charge in [-0.05, 0) is 18.6 Å². The molecule has 1 aliphatic rings. The van der Waals surface area contributed by atoms with Gasteiger partial charge in [0.15, 0.2) is 0 Å². The van der Waals surface area contributed by atoms with Crippen molar-refractivity contribution in [2.24, 2.45) is 0 Å². The summed E-state index contributed by atoms with van der Waals surface area (Å²) in [6.45, 7) is 3.82. The van der Waals surface area contributed by atoms with E-state index in [1.807, 2.05) is 18.2 Å². The molecule has 1 aliphatic heterocycles. The highest BCUT2D eigenvalue weighted by Crippen LogP contribution is 2.10. The number of aromatic nitrogens is 2. The summed E-state index contributed by atoms with van der Waals surface area (Å²) in [5, 5.41) is 0. The average molecular weight is 328 g/mol. The molecule has 1 saturated heterocycles. The van der Waals surface area contributed by atoms with E-state index in [4.69, 9.17) is 0 Å². The van der Waals surface area contributed by atoms with Crippen molar-refractivity contribution in [3.8, 4) is 0 Å².